The molecule has 11 nitrogen and oxygen atoms in total. The smallest absolute Gasteiger partial charge is 0.355 e. The van der Waals surface area contributed by atoms with Crippen molar-refractivity contribution in [3.8, 4) is 11.5 Å². The van der Waals surface area contributed by atoms with Gasteiger partial charge in [-0.05, 0) is 29.8 Å². The third-order valence-corrected chi connectivity index (χ3v) is 7.67. The number of aliphatic hydroxyl groups is 1. The van der Waals surface area contributed by atoms with E-state index in [0.29, 0.717) is 17.1 Å². The maximum Gasteiger partial charge on any atom is 0.355 e. The van der Waals surface area contributed by atoms with E-state index in [4.69, 9.17) is 14.2 Å². The van der Waals surface area contributed by atoms with Gasteiger partial charge in [-0.2, -0.15) is 0 Å². The Morgan fingerprint density at radius 3 is 2.42 bits per heavy atom. The molecule has 190 valence electrons. The number of carbonyl (C=O) groups is 3. The van der Waals surface area contributed by atoms with Crippen LogP contribution in [0.3, 0.4) is 0 Å². The topological polar surface area (TPSA) is 149 Å². The molecule has 0 unspecified atom stereocenters. The summed E-state index contributed by atoms with van der Waals surface area (Å²) < 4.78 is 41.4. The third kappa shape index (κ3) is 5.04. The second-order valence-electron chi connectivity index (χ2n) is 8.09. The number of aliphatic hydroxyl groups excluding tert-OH is 1. The lowest BCUT2D eigenvalue weighted by molar-refractivity contribution is -0.154. The number of hydrogen-bond donors (Lipinski definition) is 2. The molecule has 2 heterocycles. The molecular formula is C24H24N2O9S. The van der Waals surface area contributed by atoms with E-state index >= 15 is 0 Å². The largest absolute Gasteiger partial charge is 0.497 e. The molecule has 36 heavy (non-hydrogen) atoms. The summed E-state index contributed by atoms with van der Waals surface area (Å²) in [7, 11) is -2.50. The van der Waals surface area contributed by atoms with Crippen molar-refractivity contribution in [2.45, 2.75) is 18.0 Å². The number of amides is 2. The Morgan fingerprint density at radius 2 is 1.78 bits per heavy atom. The van der Waals surface area contributed by atoms with Crippen LogP contribution in [0.15, 0.2) is 65.9 Å². The molecule has 2 amide bonds. The van der Waals surface area contributed by atoms with Gasteiger partial charge in [0.15, 0.2) is 21.8 Å². The SMILES string of the molecule is COc1ccc(COC(=O)C2=C(CO)CS(=O)(=O)[C@H]3[C@@H](NC(=O)COc4ccccc4)C(=O)N23)cc1. The van der Waals surface area contributed by atoms with Crippen molar-refractivity contribution in [2.24, 2.45) is 0 Å². The number of para-hydroxylation sites is 1. The second-order valence-corrected chi connectivity index (χ2v) is 10.2. The number of hydrogen-bond acceptors (Lipinski definition) is 9. The molecule has 4 rings (SSSR count). The molecule has 0 spiro atoms. The first-order valence-corrected chi connectivity index (χ1v) is 12.6. The van der Waals surface area contributed by atoms with E-state index in [0.717, 1.165) is 4.90 Å². The summed E-state index contributed by atoms with van der Waals surface area (Å²) in [5.74, 6) is -2.08. The highest BCUT2D eigenvalue weighted by atomic mass is 32.2. The fraction of sp³-hybridized carbons (Fsp3) is 0.292. The van der Waals surface area contributed by atoms with Gasteiger partial charge in [-0.1, -0.05) is 30.3 Å². The lowest BCUT2D eigenvalue weighted by atomic mass is 10.0. The van der Waals surface area contributed by atoms with Gasteiger partial charge in [0.05, 0.1) is 19.5 Å². The highest BCUT2D eigenvalue weighted by Gasteiger charge is 2.60. The summed E-state index contributed by atoms with van der Waals surface area (Å²) in [4.78, 5) is 38.9. The summed E-state index contributed by atoms with van der Waals surface area (Å²) in [6, 6.07) is 13.8. The summed E-state index contributed by atoms with van der Waals surface area (Å²) >= 11 is 0. The van der Waals surface area contributed by atoms with Crippen LogP contribution < -0.4 is 14.8 Å². The van der Waals surface area contributed by atoms with Gasteiger partial charge in [-0.3, -0.25) is 14.5 Å². The minimum Gasteiger partial charge on any atom is -0.497 e. The number of sulfone groups is 1. The predicted octanol–water partition coefficient (Wildman–Crippen LogP) is 0.145. The number of nitrogens with one attached hydrogen (secondary N) is 1. The number of fused-ring (bicyclic) bond motifs is 1. The zero-order valence-corrected chi connectivity index (χ0v) is 20.1. The first-order valence-electron chi connectivity index (χ1n) is 10.9. The Labute approximate surface area is 207 Å². The van der Waals surface area contributed by atoms with Crippen molar-refractivity contribution < 1.29 is 42.1 Å². The monoisotopic (exact) mass is 516 g/mol. The van der Waals surface area contributed by atoms with Crippen molar-refractivity contribution in [1.82, 2.24) is 10.2 Å². The Morgan fingerprint density at radius 1 is 1.08 bits per heavy atom. The molecule has 2 aliphatic rings. The van der Waals surface area contributed by atoms with Gasteiger partial charge in [0.25, 0.3) is 11.8 Å². The molecule has 12 heteroatoms. The number of ether oxygens (including phenoxy) is 3. The molecule has 2 N–H and O–H groups in total. The van der Waals surface area contributed by atoms with Crippen molar-refractivity contribution in [1.29, 1.82) is 0 Å². The van der Waals surface area contributed by atoms with E-state index in [9.17, 15) is 27.9 Å². The molecule has 1 fully saturated rings. The Balaban J connectivity index is 1.46. The third-order valence-electron chi connectivity index (χ3n) is 5.71. The molecule has 1 saturated heterocycles. The van der Waals surface area contributed by atoms with E-state index in [-0.39, 0.29) is 17.9 Å². The van der Waals surface area contributed by atoms with Crippen LogP contribution in [0.2, 0.25) is 0 Å². The van der Waals surface area contributed by atoms with Crippen LogP contribution in [-0.2, 0) is 35.6 Å². The highest BCUT2D eigenvalue weighted by molar-refractivity contribution is 7.92. The lowest BCUT2D eigenvalue weighted by Crippen LogP contribution is -2.75. The Hall–Kier alpha value is -3.90. The van der Waals surface area contributed by atoms with Crippen molar-refractivity contribution in [3.05, 3.63) is 71.4 Å². The van der Waals surface area contributed by atoms with Crippen LogP contribution in [0.5, 0.6) is 11.5 Å². The molecule has 2 atom stereocenters. The van der Waals surface area contributed by atoms with Gasteiger partial charge >= 0.3 is 5.97 Å². The highest BCUT2D eigenvalue weighted by Crippen LogP contribution is 2.37. The Kier molecular flexibility index (Phi) is 7.27. The summed E-state index contributed by atoms with van der Waals surface area (Å²) in [5.41, 5.74) is 0.146. The number of methoxy groups -OCH3 is 1. The minimum atomic E-state index is -4.01. The zero-order chi connectivity index (χ0) is 25.9. The Bertz CT molecular complexity index is 1290. The molecular weight excluding hydrogens is 492 g/mol. The van der Waals surface area contributed by atoms with Crippen LogP contribution in [0.1, 0.15) is 5.56 Å². The summed E-state index contributed by atoms with van der Waals surface area (Å²) in [5, 5.41) is 10.6. The average Bonchev–Trinajstić information content (AvgIpc) is 2.89. The van der Waals surface area contributed by atoms with Crippen molar-refractivity contribution in [3.63, 3.8) is 0 Å². The lowest BCUT2D eigenvalue weighted by Gasteiger charge is -2.49. The van der Waals surface area contributed by atoms with E-state index in [1.807, 2.05) is 0 Å². The molecule has 0 aromatic heterocycles. The van der Waals surface area contributed by atoms with Crippen LogP contribution in [0.25, 0.3) is 0 Å². The van der Waals surface area contributed by atoms with Crippen molar-refractivity contribution in [2.75, 3.05) is 26.1 Å². The fourth-order valence-corrected chi connectivity index (χ4v) is 5.97. The van der Waals surface area contributed by atoms with E-state index in [2.05, 4.69) is 5.32 Å². The maximum atomic E-state index is 12.9. The van der Waals surface area contributed by atoms with Gasteiger partial charge in [-0.15, -0.1) is 0 Å². The average molecular weight is 517 g/mol. The normalized spacial score (nSPS) is 20.2. The molecule has 2 aliphatic heterocycles. The fourth-order valence-electron chi connectivity index (χ4n) is 3.95. The summed E-state index contributed by atoms with van der Waals surface area (Å²) in [6.45, 7) is -1.35. The summed E-state index contributed by atoms with van der Waals surface area (Å²) in [6.07, 6.45) is 0. The number of rotatable bonds is 9. The number of carbonyl (C=O) groups excluding carboxylic acids is 3. The maximum absolute atomic E-state index is 12.9. The molecule has 2 aromatic carbocycles. The quantitative estimate of drug-likeness (QED) is 0.351. The van der Waals surface area contributed by atoms with Crippen LogP contribution in [-0.4, -0.2) is 73.7 Å². The number of benzene rings is 2. The first kappa shape index (κ1) is 25.2. The molecule has 0 radical (unpaired) electrons. The van der Waals surface area contributed by atoms with Gasteiger partial charge < -0.3 is 24.6 Å². The number of esters is 1. The second kappa shape index (κ2) is 10.4. The number of nitrogens with zero attached hydrogens (tertiary/aromatic N) is 1. The standard InChI is InChI=1S/C24H24N2O9S/c1-33-17-9-7-15(8-10-17)12-35-24(30)21-16(11-27)14-36(31,32)23-20(22(29)26(21)23)25-19(28)13-34-18-5-3-2-4-6-18/h2-10,20,23,27H,11-14H2,1H3,(H,25,28)/t20-,23-/m0/s1. The van der Waals surface area contributed by atoms with Crippen molar-refractivity contribution >= 4 is 27.6 Å². The molecule has 0 saturated carbocycles. The first-order chi connectivity index (χ1) is 17.2. The van der Waals surface area contributed by atoms with E-state index in [1.165, 1.54) is 7.11 Å². The molecule has 2 aromatic rings. The molecule has 0 aliphatic carbocycles. The predicted molar refractivity (Wildman–Crippen MR) is 125 cm³/mol. The van der Waals surface area contributed by atoms with Gasteiger partial charge in [-0.25, -0.2) is 13.2 Å². The van der Waals surface area contributed by atoms with Gasteiger partial charge in [0.2, 0.25) is 0 Å². The van der Waals surface area contributed by atoms with E-state index < -0.39 is 58.0 Å². The van der Waals surface area contributed by atoms with Gasteiger partial charge in [0, 0.05) is 5.57 Å². The zero-order valence-electron chi connectivity index (χ0n) is 19.2. The number of β-lactam (4-membered cyclic amide) rings is 1. The molecule has 0 bridgehead atoms. The van der Waals surface area contributed by atoms with E-state index in [1.54, 1.807) is 54.6 Å². The van der Waals surface area contributed by atoms with Crippen LogP contribution in [0.4, 0.5) is 0 Å². The van der Waals surface area contributed by atoms with Crippen LogP contribution in [0, 0.1) is 0 Å². The van der Waals surface area contributed by atoms with Gasteiger partial charge in [0.1, 0.15) is 29.8 Å². The van der Waals surface area contributed by atoms with Crippen LogP contribution >= 0.6 is 0 Å². The minimum absolute atomic E-state index is 0.151.